The zero-order chi connectivity index (χ0) is 11.4. The van der Waals surface area contributed by atoms with Gasteiger partial charge >= 0.3 is 0 Å². The van der Waals surface area contributed by atoms with Gasteiger partial charge in [0.05, 0.1) is 12.0 Å². The largest absolute Gasteiger partial charge is 0.488 e. The molecule has 2 rings (SSSR count). The average Bonchev–Trinajstić information content (AvgIpc) is 2.68. The van der Waals surface area contributed by atoms with Crippen molar-refractivity contribution in [3.05, 3.63) is 30.0 Å². The number of nitriles is 1. The second-order valence-electron chi connectivity index (χ2n) is 3.29. The average molecular weight is 217 g/mol. The van der Waals surface area contributed by atoms with Crippen molar-refractivity contribution in [3.63, 3.8) is 0 Å². The smallest absolute Gasteiger partial charge is 0.246 e. The van der Waals surface area contributed by atoms with E-state index < -0.39 is 0 Å². The number of benzene rings is 1. The summed E-state index contributed by atoms with van der Waals surface area (Å²) in [6, 6.07) is 9.28. The minimum atomic E-state index is 0.0671. The van der Waals surface area contributed by atoms with E-state index in [4.69, 9.17) is 19.5 Å². The standard InChI is InChI=1S/C12H11NO3/c13-8-11-12(15-7-3-6-14)9-4-1-2-5-10(9)16-11/h1-2,4-5,14H,3,6-7H2. The van der Waals surface area contributed by atoms with E-state index in [0.29, 0.717) is 24.4 Å². The summed E-state index contributed by atoms with van der Waals surface area (Å²) in [5, 5.41) is 18.4. The molecule has 16 heavy (non-hydrogen) atoms. The highest BCUT2D eigenvalue weighted by Gasteiger charge is 2.14. The summed E-state index contributed by atoms with van der Waals surface area (Å²) in [7, 11) is 0. The van der Waals surface area contributed by atoms with Crippen LogP contribution in [0.3, 0.4) is 0 Å². The maximum Gasteiger partial charge on any atom is 0.246 e. The monoisotopic (exact) mass is 217 g/mol. The molecular formula is C12H11NO3. The second-order valence-corrected chi connectivity index (χ2v) is 3.29. The molecule has 0 spiro atoms. The van der Waals surface area contributed by atoms with Crippen LogP contribution in [0.25, 0.3) is 11.0 Å². The van der Waals surface area contributed by atoms with Crippen molar-refractivity contribution in [2.75, 3.05) is 13.2 Å². The molecule has 0 aliphatic heterocycles. The van der Waals surface area contributed by atoms with Crippen molar-refractivity contribution < 1.29 is 14.3 Å². The molecule has 1 aromatic carbocycles. The van der Waals surface area contributed by atoms with Crippen molar-refractivity contribution in [2.45, 2.75) is 6.42 Å². The van der Waals surface area contributed by atoms with Gasteiger partial charge in [-0.25, -0.2) is 0 Å². The number of nitrogens with zero attached hydrogens (tertiary/aromatic N) is 1. The molecule has 2 aromatic rings. The van der Waals surface area contributed by atoms with Crippen molar-refractivity contribution in [1.29, 1.82) is 5.26 Å². The van der Waals surface area contributed by atoms with Gasteiger partial charge in [0.2, 0.25) is 5.76 Å². The van der Waals surface area contributed by atoms with E-state index in [2.05, 4.69) is 0 Å². The van der Waals surface area contributed by atoms with Gasteiger partial charge in [-0.05, 0) is 12.1 Å². The van der Waals surface area contributed by atoms with E-state index in [1.165, 1.54) is 0 Å². The number of hydrogen-bond donors (Lipinski definition) is 1. The fraction of sp³-hybridized carbons (Fsp3) is 0.250. The normalized spacial score (nSPS) is 10.2. The molecule has 0 amide bonds. The van der Waals surface area contributed by atoms with Crippen LogP contribution in [0, 0.1) is 11.3 Å². The minimum Gasteiger partial charge on any atom is -0.488 e. The molecular weight excluding hydrogens is 206 g/mol. The van der Waals surface area contributed by atoms with Crippen LogP contribution in [-0.2, 0) is 0 Å². The first-order chi connectivity index (χ1) is 7.86. The van der Waals surface area contributed by atoms with Crippen LogP contribution in [-0.4, -0.2) is 18.3 Å². The minimum absolute atomic E-state index is 0.0671. The zero-order valence-electron chi connectivity index (χ0n) is 8.64. The van der Waals surface area contributed by atoms with E-state index in [1.807, 2.05) is 24.3 Å². The Bertz CT molecular complexity index is 525. The SMILES string of the molecule is N#Cc1oc2ccccc2c1OCCCO. The first kappa shape index (κ1) is 10.5. The first-order valence-electron chi connectivity index (χ1n) is 5.02. The van der Waals surface area contributed by atoms with Gasteiger partial charge in [0, 0.05) is 13.0 Å². The lowest BCUT2D eigenvalue weighted by atomic mass is 10.2. The summed E-state index contributed by atoms with van der Waals surface area (Å²) in [5.74, 6) is 0.644. The highest BCUT2D eigenvalue weighted by molar-refractivity contribution is 5.86. The van der Waals surface area contributed by atoms with Crippen molar-refractivity contribution in [1.82, 2.24) is 0 Å². The summed E-state index contributed by atoms with van der Waals surface area (Å²) < 4.78 is 10.8. The van der Waals surface area contributed by atoms with Crippen LogP contribution in [0.1, 0.15) is 12.2 Å². The van der Waals surface area contributed by atoms with Gasteiger partial charge in [-0.3, -0.25) is 0 Å². The van der Waals surface area contributed by atoms with Gasteiger partial charge in [0.1, 0.15) is 11.7 Å². The van der Waals surface area contributed by atoms with Gasteiger partial charge in [0.25, 0.3) is 0 Å². The van der Waals surface area contributed by atoms with Crippen LogP contribution < -0.4 is 4.74 Å². The van der Waals surface area contributed by atoms with Gasteiger partial charge in [-0.15, -0.1) is 0 Å². The lowest BCUT2D eigenvalue weighted by Gasteiger charge is -2.02. The molecule has 0 radical (unpaired) electrons. The molecule has 0 saturated carbocycles. The van der Waals surface area contributed by atoms with Gasteiger partial charge in [0.15, 0.2) is 5.75 Å². The molecule has 4 heteroatoms. The molecule has 0 unspecified atom stereocenters. The van der Waals surface area contributed by atoms with Crippen molar-refractivity contribution in [3.8, 4) is 11.8 Å². The number of para-hydroxylation sites is 1. The molecule has 82 valence electrons. The number of aliphatic hydroxyl groups is 1. The third-order valence-electron chi connectivity index (χ3n) is 2.20. The van der Waals surface area contributed by atoms with Gasteiger partial charge in [-0.1, -0.05) is 12.1 Å². The Morgan fingerprint density at radius 3 is 2.94 bits per heavy atom. The summed E-state index contributed by atoms with van der Waals surface area (Å²) in [4.78, 5) is 0. The van der Waals surface area contributed by atoms with Crippen molar-refractivity contribution >= 4 is 11.0 Å². The Hall–Kier alpha value is -1.99. The number of ether oxygens (including phenoxy) is 1. The Morgan fingerprint density at radius 1 is 1.38 bits per heavy atom. The quantitative estimate of drug-likeness (QED) is 0.796. The maximum atomic E-state index is 8.90. The van der Waals surface area contributed by atoms with E-state index in [1.54, 1.807) is 6.07 Å². The molecule has 1 N–H and O–H groups in total. The van der Waals surface area contributed by atoms with E-state index in [0.717, 1.165) is 5.39 Å². The van der Waals surface area contributed by atoms with E-state index in [9.17, 15) is 0 Å². The third kappa shape index (κ3) is 1.86. The second kappa shape index (κ2) is 4.69. The van der Waals surface area contributed by atoms with Gasteiger partial charge < -0.3 is 14.3 Å². The first-order valence-corrected chi connectivity index (χ1v) is 5.02. The summed E-state index contributed by atoms with van der Waals surface area (Å²) >= 11 is 0. The number of aliphatic hydroxyl groups excluding tert-OH is 1. The number of hydrogen-bond acceptors (Lipinski definition) is 4. The molecule has 4 nitrogen and oxygen atoms in total. The number of furan rings is 1. The highest BCUT2D eigenvalue weighted by atomic mass is 16.5. The zero-order valence-corrected chi connectivity index (χ0v) is 8.64. The van der Waals surface area contributed by atoms with Crippen LogP contribution >= 0.6 is 0 Å². The fourth-order valence-corrected chi connectivity index (χ4v) is 1.48. The van der Waals surface area contributed by atoms with Crippen LogP contribution in [0.15, 0.2) is 28.7 Å². The molecule has 1 heterocycles. The van der Waals surface area contributed by atoms with E-state index in [-0.39, 0.29) is 12.4 Å². The Balaban J connectivity index is 2.37. The Kier molecular flexibility index (Phi) is 3.08. The summed E-state index contributed by atoms with van der Waals surface area (Å²) in [6.45, 7) is 0.437. The Labute approximate surface area is 92.7 Å². The molecule has 1 aromatic heterocycles. The predicted molar refractivity (Wildman–Crippen MR) is 58.1 cm³/mol. The molecule has 0 aliphatic carbocycles. The fourth-order valence-electron chi connectivity index (χ4n) is 1.48. The molecule has 0 fully saturated rings. The number of fused-ring (bicyclic) bond motifs is 1. The highest BCUT2D eigenvalue weighted by Crippen LogP contribution is 2.32. The summed E-state index contributed by atoms with van der Waals surface area (Å²) in [5.41, 5.74) is 0.637. The lowest BCUT2D eigenvalue weighted by Crippen LogP contribution is -2.00. The van der Waals surface area contributed by atoms with Crippen LogP contribution in [0.5, 0.6) is 5.75 Å². The maximum absolute atomic E-state index is 8.90. The summed E-state index contributed by atoms with van der Waals surface area (Å²) in [6.07, 6.45) is 0.532. The Morgan fingerprint density at radius 2 is 2.19 bits per heavy atom. The number of rotatable bonds is 4. The molecule has 0 atom stereocenters. The topological polar surface area (TPSA) is 66.4 Å². The molecule has 0 saturated heterocycles. The molecule has 0 aliphatic rings. The third-order valence-corrected chi connectivity index (χ3v) is 2.20. The van der Waals surface area contributed by atoms with Crippen LogP contribution in [0.2, 0.25) is 0 Å². The predicted octanol–water partition coefficient (Wildman–Crippen LogP) is 2.07. The lowest BCUT2D eigenvalue weighted by molar-refractivity contribution is 0.233. The molecule has 0 bridgehead atoms. The van der Waals surface area contributed by atoms with Crippen LogP contribution in [0.4, 0.5) is 0 Å². The van der Waals surface area contributed by atoms with Crippen molar-refractivity contribution in [2.24, 2.45) is 0 Å². The van der Waals surface area contributed by atoms with E-state index >= 15 is 0 Å². The van der Waals surface area contributed by atoms with Gasteiger partial charge in [-0.2, -0.15) is 5.26 Å².